The number of hydrogen-bond acceptors (Lipinski definition) is 1. The molecule has 0 bridgehead atoms. The Balaban J connectivity index is 2.03. The van der Waals surface area contributed by atoms with Crippen LogP contribution in [0.4, 0.5) is 0 Å². The van der Waals surface area contributed by atoms with Gasteiger partial charge in [-0.3, -0.25) is 0 Å². The molecule has 2 heteroatoms. The Morgan fingerprint density at radius 3 is 2.36 bits per heavy atom. The van der Waals surface area contributed by atoms with E-state index in [-0.39, 0.29) is 0 Å². The van der Waals surface area contributed by atoms with E-state index in [1.165, 1.54) is 42.7 Å². The van der Waals surface area contributed by atoms with Crippen molar-refractivity contribution < 1.29 is 4.57 Å². The molecule has 4 aromatic rings. The van der Waals surface area contributed by atoms with Crippen molar-refractivity contribution in [2.45, 2.75) is 27.2 Å². The maximum absolute atomic E-state index is 2.42. The Hall–Kier alpha value is -2.19. The first-order chi connectivity index (χ1) is 12.1. The number of thiophene rings is 1. The first-order valence-electron chi connectivity index (χ1n) is 8.95. The highest BCUT2D eigenvalue weighted by atomic mass is 32.1. The van der Waals surface area contributed by atoms with Crippen molar-refractivity contribution in [2.24, 2.45) is 13.0 Å². The minimum atomic E-state index is 0.646. The van der Waals surface area contributed by atoms with Crippen LogP contribution in [0, 0.1) is 12.8 Å². The average molecular weight is 347 g/mol. The lowest BCUT2D eigenvalue weighted by Gasteiger charge is -2.11. The Bertz CT molecular complexity index is 1070. The molecule has 2 aromatic carbocycles. The Morgan fingerprint density at radius 1 is 0.960 bits per heavy atom. The number of rotatable bonds is 3. The van der Waals surface area contributed by atoms with E-state index >= 15 is 0 Å². The maximum atomic E-state index is 2.42. The fourth-order valence-corrected chi connectivity index (χ4v) is 5.01. The predicted octanol–water partition coefficient (Wildman–Crippen LogP) is 6.05. The van der Waals surface area contributed by atoms with Crippen LogP contribution in [0.5, 0.6) is 0 Å². The monoisotopic (exact) mass is 346 g/mol. The first-order valence-corrected chi connectivity index (χ1v) is 9.77. The molecule has 1 nitrogen and oxygen atoms in total. The molecule has 0 N–H and O–H groups in total. The third-order valence-corrected chi connectivity index (χ3v) is 6.28. The van der Waals surface area contributed by atoms with Gasteiger partial charge in [0.1, 0.15) is 11.9 Å². The van der Waals surface area contributed by atoms with Crippen molar-refractivity contribution in [3.05, 3.63) is 65.7 Å². The molecule has 2 heterocycles. The summed E-state index contributed by atoms with van der Waals surface area (Å²) in [6.07, 6.45) is 1.11. The van der Waals surface area contributed by atoms with E-state index < -0.39 is 0 Å². The Kier molecular flexibility index (Phi) is 4.09. The standard InChI is InChI=1S/C23H24NS/c1-15(2)13-17-14-21(24(4)20-11-7-5-10-19(17)20)23-16(3)18-9-6-8-12-22(18)25-23/h5-12,14-15H,13H2,1-4H3/q+1. The SMILES string of the molecule is Cc1c(-c2cc(CC(C)C)c3ccccc3[n+]2C)sc2ccccc12. The number of aromatic nitrogens is 1. The molecule has 4 rings (SSSR count). The minimum Gasteiger partial charge on any atom is -0.193 e. The van der Waals surface area contributed by atoms with Gasteiger partial charge >= 0.3 is 0 Å². The zero-order valence-electron chi connectivity index (χ0n) is 15.3. The summed E-state index contributed by atoms with van der Waals surface area (Å²) >= 11 is 1.91. The molecule has 0 aliphatic heterocycles. The van der Waals surface area contributed by atoms with E-state index in [0.29, 0.717) is 5.92 Å². The lowest BCUT2D eigenvalue weighted by atomic mass is 9.97. The lowest BCUT2D eigenvalue weighted by molar-refractivity contribution is -0.633. The van der Waals surface area contributed by atoms with Crippen LogP contribution >= 0.6 is 11.3 Å². The van der Waals surface area contributed by atoms with Crippen molar-refractivity contribution in [1.82, 2.24) is 0 Å². The molecular weight excluding hydrogens is 322 g/mol. The zero-order chi connectivity index (χ0) is 17.6. The Morgan fingerprint density at radius 2 is 1.64 bits per heavy atom. The van der Waals surface area contributed by atoms with Crippen molar-refractivity contribution in [2.75, 3.05) is 0 Å². The fourth-order valence-electron chi connectivity index (χ4n) is 3.75. The van der Waals surface area contributed by atoms with Gasteiger partial charge in [-0.1, -0.05) is 44.2 Å². The second-order valence-corrected chi connectivity index (χ2v) is 8.33. The van der Waals surface area contributed by atoms with Crippen molar-refractivity contribution in [3.8, 4) is 10.6 Å². The van der Waals surface area contributed by atoms with Gasteiger partial charge in [0, 0.05) is 22.2 Å². The molecule has 0 aliphatic carbocycles. The van der Waals surface area contributed by atoms with Crippen LogP contribution in [0.1, 0.15) is 25.0 Å². The number of benzene rings is 2. The molecule has 0 fully saturated rings. The highest BCUT2D eigenvalue weighted by molar-refractivity contribution is 7.22. The summed E-state index contributed by atoms with van der Waals surface area (Å²) < 4.78 is 3.73. The number of pyridine rings is 1. The van der Waals surface area contributed by atoms with Gasteiger partial charge in [-0.2, -0.15) is 4.57 Å². The van der Waals surface area contributed by atoms with Gasteiger partial charge in [-0.15, -0.1) is 11.3 Å². The molecule has 0 saturated carbocycles. The second kappa shape index (κ2) is 6.27. The summed E-state index contributed by atoms with van der Waals surface area (Å²) in [7, 11) is 2.20. The first kappa shape index (κ1) is 16.3. The smallest absolute Gasteiger partial charge is 0.193 e. The molecule has 25 heavy (non-hydrogen) atoms. The number of para-hydroxylation sites is 1. The predicted molar refractivity (Wildman–Crippen MR) is 109 cm³/mol. The van der Waals surface area contributed by atoms with Crippen LogP contribution in [0.25, 0.3) is 31.6 Å². The van der Waals surface area contributed by atoms with Gasteiger partial charge in [0.25, 0.3) is 0 Å². The minimum absolute atomic E-state index is 0.646. The molecule has 2 aromatic heterocycles. The fraction of sp³-hybridized carbons (Fsp3) is 0.261. The summed E-state index contributed by atoms with van der Waals surface area (Å²) in [4.78, 5) is 1.39. The number of aryl methyl sites for hydroxylation is 2. The van der Waals surface area contributed by atoms with Gasteiger partial charge in [-0.05, 0) is 47.9 Å². The van der Waals surface area contributed by atoms with Crippen LogP contribution in [0.15, 0.2) is 54.6 Å². The van der Waals surface area contributed by atoms with Crippen LogP contribution in [-0.4, -0.2) is 0 Å². The summed E-state index contributed by atoms with van der Waals surface area (Å²) in [5, 5.41) is 2.75. The van der Waals surface area contributed by atoms with Crippen molar-refractivity contribution in [1.29, 1.82) is 0 Å². The van der Waals surface area contributed by atoms with Crippen LogP contribution in [0.2, 0.25) is 0 Å². The zero-order valence-corrected chi connectivity index (χ0v) is 16.2. The third kappa shape index (κ3) is 2.75. The van der Waals surface area contributed by atoms with E-state index in [1.54, 1.807) is 0 Å². The molecular formula is C23H24NS+. The van der Waals surface area contributed by atoms with E-state index in [4.69, 9.17) is 0 Å². The molecule has 0 radical (unpaired) electrons. The second-order valence-electron chi connectivity index (χ2n) is 7.28. The maximum Gasteiger partial charge on any atom is 0.223 e. The molecule has 0 aliphatic rings. The highest BCUT2D eigenvalue weighted by Crippen LogP contribution is 2.37. The van der Waals surface area contributed by atoms with Gasteiger partial charge in [0.2, 0.25) is 11.2 Å². The molecule has 0 amide bonds. The summed E-state index contributed by atoms with van der Waals surface area (Å²) in [6, 6.07) is 19.9. The van der Waals surface area contributed by atoms with Crippen LogP contribution < -0.4 is 4.57 Å². The lowest BCUT2D eigenvalue weighted by Crippen LogP contribution is -2.32. The number of hydrogen-bond donors (Lipinski definition) is 0. The van der Waals surface area contributed by atoms with Crippen molar-refractivity contribution >= 4 is 32.3 Å². The van der Waals surface area contributed by atoms with E-state index in [1.807, 2.05) is 11.3 Å². The largest absolute Gasteiger partial charge is 0.223 e. The average Bonchev–Trinajstić information content (AvgIpc) is 2.94. The van der Waals surface area contributed by atoms with Crippen LogP contribution in [0.3, 0.4) is 0 Å². The molecule has 0 spiro atoms. The quantitative estimate of drug-likeness (QED) is 0.397. The number of fused-ring (bicyclic) bond motifs is 2. The summed E-state index contributed by atoms with van der Waals surface area (Å²) in [5.74, 6) is 0.646. The van der Waals surface area contributed by atoms with Gasteiger partial charge < -0.3 is 0 Å². The van der Waals surface area contributed by atoms with Gasteiger partial charge in [-0.25, -0.2) is 0 Å². The topological polar surface area (TPSA) is 3.88 Å². The highest BCUT2D eigenvalue weighted by Gasteiger charge is 2.22. The normalized spacial score (nSPS) is 11.7. The van der Waals surface area contributed by atoms with Crippen LogP contribution in [-0.2, 0) is 13.5 Å². The third-order valence-electron chi connectivity index (χ3n) is 4.99. The molecule has 0 atom stereocenters. The van der Waals surface area contributed by atoms with E-state index in [2.05, 4.69) is 87.0 Å². The Labute approximate surface area is 153 Å². The van der Waals surface area contributed by atoms with E-state index in [9.17, 15) is 0 Å². The molecule has 126 valence electrons. The molecule has 0 unspecified atom stereocenters. The van der Waals surface area contributed by atoms with Gasteiger partial charge in [0.15, 0.2) is 0 Å². The summed E-state index contributed by atoms with van der Waals surface area (Å²) in [6.45, 7) is 6.85. The summed E-state index contributed by atoms with van der Waals surface area (Å²) in [5.41, 5.74) is 5.48. The van der Waals surface area contributed by atoms with E-state index in [0.717, 1.165) is 6.42 Å². The number of nitrogens with zero attached hydrogens (tertiary/aromatic N) is 1. The van der Waals surface area contributed by atoms with Gasteiger partial charge in [0.05, 0.1) is 0 Å². The van der Waals surface area contributed by atoms with Crippen molar-refractivity contribution in [3.63, 3.8) is 0 Å². The molecule has 0 saturated heterocycles.